The van der Waals surface area contributed by atoms with Gasteiger partial charge in [0.05, 0.1) is 25.4 Å². The summed E-state index contributed by atoms with van der Waals surface area (Å²) in [4.78, 5) is 24.5. The van der Waals surface area contributed by atoms with Crippen LogP contribution in [0.1, 0.15) is 412 Å². The Labute approximate surface area is 476 Å². The Morgan fingerprint density at radius 2 is 0.539 bits per heavy atom. The number of unbranched alkanes of at least 4 members (excludes halogenated alkanes) is 56. The number of carbonyl (C=O) groups excluding carboxylic acids is 2. The van der Waals surface area contributed by atoms with Crippen molar-refractivity contribution in [3.63, 3.8) is 0 Å². The molecule has 0 spiro atoms. The van der Waals surface area contributed by atoms with Crippen molar-refractivity contribution in [2.45, 2.75) is 424 Å². The Balaban J connectivity index is 3.30. The maximum Gasteiger partial charge on any atom is 0.305 e. The van der Waals surface area contributed by atoms with Gasteiger partial charge in [-0.1, -0.05) is 373 Å². The lowest BCUT2D eigenvalue weighted by atomic mass is 10.0. The molecule has 0 saturated carbocycles. The van der Waals surface area contributed by atoms with E-state index in [1.807, 2.05) is 0 Å². The van der Waals surface area contributed by atoms with Crippen molar-refractivity contribution >= 4 is 11.9 Å². The molecule has 1 amide bonds. The van der Waals surface area contributed by atoms with E-state index in [9.17, 15) is 19.8 Å². The van der Waals surface area contributed by atoms with E-state index in [4.69, 9.17) is 4.74 Å². The van der Waals surface area contributed by atoms with Crippen LogP contribution in [0.4, 0.5) is 0 Å². The maximum absolute atomic E-state index is 12.5. The Morgan fingerprint density at radius 3 is 0.803 bits per heavy atom. The quantitative estimate of drug-likeness (QED) is 0.0417. The van der Waals surface area contributed by atoms with E-state index in [0.29, 0.717) is 25.9 Å². The maximum atomic E-state index is 12.5. The first-order valence-corrected chi connectivity index (χ1v) is 35.3. The molecule has 0 rings (SSSR count). The average molecular weight is 1070 g/mol. The van der Waals surface area contributed by atoms with Crippen LogP contribution in [0.2, 0.25) is 0 Å². The number of hydrogen-bond acceptors (Lipinski definition) is 5. The summed E-state index contributed by atoms with van der Waals surface area (Å²) in [5.74, 6) is -0.00373. The Bertz CT molecular complexity index is 1100. The summed E-state index contributed by atoms with van der Waals surface area (Å²) in [6, 6.07) is -0.536. The van der Waals surface area contributed by atoms with Gasteiger partial charge in [-0.05, 0) is 25.7 Å². The SMILES string of the molecule is CCCCCCCCCCCCCCCCCC(O)C(CO)NC(=O)CCCCCCCCCCCCCCCCCCCCCCCCCCCCCCCCCCOC(=O)CCCCCCCCCCCCCC. The minimum absolute atomic E-state index is 0.0229. The number of esters is 1. The standard InChI is InChI=1S/C70H139NO5/c1-3-5-7-9-11-13-15-17-36-39-42-46-50-54-58-62-68(73)67(66-72)71-69(74)63-59-55-51-47-43-40-37-34-32-30-28-26-24-22-20-18-19-21-23-25-27-29-31-33-35-38-41-45-49-53-57-61-65-76-70(75)64-60-56-52-48-44-16-14-12-10-8-6-4-2/h67-68,72-73H,3-66H2,1-2H3,(H,71,74). The molecule has 0 aliphatic carbocycles. The topological polar surface area (TPSA) is 95.9 Å². The Morgan fingerprint density at radius 1 is 0.316 bits per heavy atom. The third-order valence-corrected chi connectivity index (χ3v) is 16.9. The molecular formula is C70H139NO5. The molecule has 0 aliphatic rings. The zero-order valence-corrected chi connectivity index (χ0v) is 52.0. The fourth-order valence-corrected chi connectivity index (χ4v) is 11.5. The lowest BCUT2D eigenvalue weighted by molar-refractivity contribution is -0.143. The zero-order chi connectivity index (χ0) is 55.0. The van der Waals surface area contributed by atoms with Crippen molar-refractivity contribution in [2.75, 3.05) is 13.2 Å². The lowest BCUT2D eigenvalue weighted by Crippen LogP contribution is -2.45. The van der Waals surface area contributed by atoms with Crippen molar-refractivity contribution in [3.8, 4) is 0 Å². The third-order valence-electron chi connectivity index (χ3n) is 16.9. The summed E-state index contributed by atoms with van der Waals surface area (Å²) < 4.78 is 5.49. The van der Waals surface area contributed by atoms with Gasteiger partial charge in [-0.2, -0.15) is 0 Å². The minimum atomic E-state index is -0.659. The second-order valence-corrected chi connectivity index (χ2v) is 24.6. The van der Waals surface area contributed by atoms with Crippen LogP contribution in [0, 0.1) is 0 Å². The first-order chi connectivity index (χ1) is 37.5. The molecule has 0 radical (unpaired) electrons. The van der Waals surface area contributed by atoms with Gasteiger partial charge in [0.1, 0.15) is 0 Å². The van der Waals surface area contributed by atoms with Gasteiger partial charge in [-0.3, -0.25) is 9.59 Å². The van der Waals surface area contributed by atoms with E-state index >= 15 is 0 Å². The number of hydrogen-bond donors (Lipinski definition) is 3. The van der Waals surface area contributed by atoms with E-state index in [1.165, 1.54) is 340 Å². The molecule has 0 aromatic carbocycles. The van der Waals surface area contributed by atoms with E-state index in [2.05, 4.69) is 19.2 Å². The molecule has 454 valence electrons. The monoisotopic (exact) mass is 1070 g/mol. The molecule has 0 aliphatic heterocycles. The average Bonchev–Trinajstić information content (AvgIpc) is 3.42. The highest BCUT2D eigenvalue weighted by atomic mass is 16.5. The second-order valence-electron chi connectivity index (χ2n) is 24.6. The number of ether oxygens (including phenoxy) is 1. The normalized spacial score (nSPS) is 12.4. The number of nitrogens with one attached hydrogen (secondary N) is 1. The molecule has 0 aromatic rings. The van der Waals surface area contributed by atoms with Crippen LogP contribution in [0.5, 0.6) is 0 Å². The smallest absolute Gasteiger partial charge is 0.305 e. The van der Waals surface area contributed by atoms with Crippen LogP contribution >= 0.6 is 0 Å². The predicted molar refractivity (Wildman–Crippen MR) is 334 cm³/mol. The highest BCUT2D eigenvalue weighted by molar-refractivity contribution is 5.76. The molecule has 76 heavy (non-hydrogen) atoms. The minimum Gasteiger partial charge on any atom is -0.466 e. The van der Waals surface area contributed by atoms with Crippen LogP contribution < -0.4 is 5.32 Å². The summed E-state index contributed by atoms with van der Waals surface area (Å²) in [6.45, 7) is 5.00. The van der Waals surface area contributed by atoms with Crippen molar-refractivity contribution in [1.29, 1.82) is 0 Å². The van der Waals surface area contributed by atoms with Gasteiger partial charge in [0.2, 0.25) is 5.91 Å². The number of carbonyl (C=O) groups is 2. The first-order valence-electron chi connectivity index (χ1n) is 35.3. The largest absolute Gasteiger partial charge is 0.466 e. The van der Waals surface area contributed by atoms with Gasteiger partial charge in [-0.25, -0.2) is 0 Å². The van der Waals surface area contributed by atoms with Crippen LogP contribution in [0.3, 0.4) is 0 Å². The van der Waals surface area contributed by atoms with E-state index < -0.39 is 12.1 Å². The highest BCUT2D eigenvalue weighted by Gasteiger charge is 2.20. The second kappa shape index (κ2) is 66.4. The van der Waals surface area contributed by atoms with E-state index in [-0.39, 0.29) is 18.5 Å². The molecule has 2 atom stereocenters. The molecule has 0 saturated heterocycles. The molecule has 0 heterocycles. The molecular weight excluding hydrogens is 935 g/mol. The molecule has 3 N–H and O–H groups in total. The van der Waals surface area contributed by atoms with E-state index in [0.717, 1.165) is 38.5 Å². The van der Waals surface area contributed by atoms with Crippen molar-refractivity contribution < 1.29 is 24.5 Å². The third kappa shape index (κ3) is 62.1. The molecule has 2 unspecified atom stereocenters. The number of aliphatic hydroxyl groups excluding tert-OH is 2. The van der Waals surface area contributed by atoms with Gasteiger partial charge >= 0.3 is 5.97 Å². The van der Waals surface area contributed by atoms with Gasteiger partial charge in [0, 0.05) is 12.8 Å². The lowest BCUT2D eigenvalue weighted by Gasteiger charge is -2.22. The Kier molecular flexibility index (Phi) is 65.4. The van der Waals surface area contributed by atoms with Gasteiger partial charge < -0.3 is 20.3 Å². The summed E-state index contributed by atoms with van der Waals surface area (Å²) in [6.07, 6.45) is 80.2. The molecule has 0 fully saturated rings. The van der Waals surface area contributed by atoms with Gasteiger partial charge in [0.25, 0.3) is 0 Å². The van der Waals surface area contributed by atoms with Crippen molar-refractivity contribution in [1.82, 2.24) is 5.32 Å². The van der Waals surface area contributed by atoms with Gasteiger partial charge in [-0.15, -0.1) is 0 Å². The zero-order valence-electron chi connectivity index (χ0n) is 52.0. The van der Waals surface area contributed by atoms with Crippen LogP contribution in [-0.4, -0.2) is 47.4 Å². The molecule has 0 bridgehead atoms. The van der Waals surface area contributed by atoms with Gasteiger partial charge in [0.15, 0.2) is 0 Å². The van der Waals surface area contributed by atoms with Crippen LogP contribution in [-0.2, 0) is 14.3 Å². The summed E-state index contributed by atoms with van der Waals surface area (Å²) >= 11 is 0. The molecule has 0 aromatic heterocycles. The fourth-order valence-electron chi connectivity index (χ4n) is 11.5. The Hall–Kier alpha value is -1.14. The number of aliphatic hydroxyl groups is 2. The summed E-state index contributed by atoms with van der Waals surface area (Å²) in [5, 5.41) is 23.3. The van der Waals surface area contributed by atoms with Crippen molar-refractivity contribution in [2.24, 2.45) is 0 Å². The fraction of sp³-hybridized carbons (Fsp3) is 0.971. The molecule has 6 heteroatoms. The number of rotatable bonds is 67. The van der Waals surface area contributed by atoms with E-state index in [1.54, 1.807) is 0 Å². The number of amides is 1. The highest BCUT2D eigenvalue weighted by Crippen LogP contribution is 2.20. The summed E-state index contributed by atoms with van der Waals surface area (Å²) in [5.41, 5.74) is 0. The van der Waals surface area contributed by atoms with Crippen molar-refractivity contribution in [3.05, 3.63) is 0 Å². The summed E-state index contributed by atoms with van der Waals surface area (Å²) in [7, 11) is 0. The predicted octanol–water partition coefficient (Wildman–Crippen LogP) is 22.6. The molecule has 6 nitrogen and oxygen atoms in total. The first kappa shape index (κ1) is 74.9. The van der Waals surface area contributed by atoms with Crippen LogP contribution in [0.15, 0.2) is 0 Å². The van der Waals surface area contributed by atoms with Crippen LogP contribution in [0.25, 0.3) is 0 Å².